The molecule has 0 saturated heterocycles. The zero-order chi connectivity index (χ0) is 20.2. The van der Waals surface area contributed by atoms with E-state index in [-0.39, 0.29) is 31.0 Å². The van der Waals surface area contributed by atoms with Crippen molar-refractivity contribution in [2.45, 2.75) is 9.79 Å². The Labute approximate surface area is 185 Å². The van der Waals surface area contributed by atoms with Gasteiger partial charge in [0.15, 0.2) is 0 Å². The summed E-state index contributed by atoms with van der Waals surface area (Å²) in [5, 5.41) is 10.6. The summed E-state index contributed by atoms with van der Waals surface area (Å²) < 4.78 is 59.2. The standard InChI is InChI=1S/C11H8O2.C6H6O6S2.Na.H/c12-11(13)10-7-3-5-8-4-1-2-6-9(8)10;7-13(8,9)5-1-2-6(4-3-5)14(10,11)12;;/h1-7H,(H,12,13);1-4H,(H,7,8,9)(H,10,11,12);;/q;;+1;-1. The predicted octanol–water partition coefficient (Wildman–Crippen LogP) is -0.165. The SMILES string of the molecule is O=C(O)c1cccc2ccccc12.O=S(=O)(O)c1ccc(S(=O)(=O)O)cc1.[H-].[Na+]. The first-order chi connectivity index (χ1) is 12.5. The number of hydrogen-bond acceptors (Lipinski definition) is 5. The van der Waals surface area contributed by atoms with Gasteiger partial charge < -0.3 is 6.53 Å². The molecule has 8 nitrogen and oxygen atoms in total. The molecule has 3 rings (SSSR count). The third-order valence-electron chi connectivity index (χ3n) is 3.44. The Balaban J connectivity index is 0.000000506. The number of fused-ring (bicyclic) bond motifs is 1. The summed E-state index contributed by atoms with van der Waals surface area (Å²) in [6.45, 7) is 0. The number of carbonyl (C=O) groups is 1. The van der Waals surface area contributed by atoms with E-state index in [9.17, 15) is 21.6 Å². The Morgan fingerprint density at radius 2 is 1.14 bits per heavy atom. The van der Waals surface area contributed by atoms with Gasteiger partial charge in [0, 0.05) is 0 Å². The molecule has 0 aliphatic heterocycles. The quantitative estimate of drug-likeness (QED) is 0.381. The first-order valence-electron chi connectivity index (χ1n) is 7.26. The van der Waals surface area contributed by atoms with Crippen molar-refractivity contribution >= 4 is 37.0 Å². The molecule has 0 aliphatic rings. The van der Waals surface area contributed by atoms with Crippen LogP contribution in [0.2, 0.25) is 0 Å². The maximum Gasteiger partial charge on any atom is 1.00 e. The van der Waals surface area contributed by atoms with Crippen molar-refractivity contribution in [3.8, 4) is 0 Å². The Morgan fingerprint density at radius 3 is 1.57 bits per heavy atom. The Hall–Kier alpha value is -1.79. The monoisotopic (exact) mass is 434 g/mol. The second-order valence-electron chi connectivity index (χ2n) is 5.25. The van der Waals surface area contributed by atoms with Crippen LogP contribution in [-0.4, -0.2) is 37.0 Å². The molecule has 0 aromatic heterocycles. The molecular weight excluding hydrogens is 419 g/mol. The van der Waals surface area contributed by atoms with Crippen LogP contribution in [-0.2, 0) is 20.2 Å². The zero-order valence-corrected chi connectivity index (χ0v) is 18.2. The Morgan fingerprint density at radius 1 is 0.714 bits per heavy atom. The van der Waals surface area contributed by atoms with Crippen molar-refractivity contribution in [3.05, 3.63) is 72.3 Å². The van der Waals surface area contributed by atoms with Gasteiger partial charge in [-0.2, -0.15) is 16.8 Å². The van der Waals surface area contributed by atoms with Gasteiger partial charge in [-0.25, -0.2) is 4.79 Å². The van der Waals surface area contributed by atoms with Gasteiger partial charge in [0.05, 0.1) is 15.4 Å². The summed E-state index contributed by atoms with van der Waals surface area (Å²) in [6, 6.07) is 16.2. The molecular formula is C17H15NaO8S2. The van der Waals surface area contributed by atoms with E-state index in [1.54, 1.807) is 12.1 Å². The van der Waals surface area contributed by atoms with Crippen molar-refractivity contribution in [3.63, 3.8) is 0 Å². The normalized spacial score (nSPS) is 11.1. The van der Waals surface area contributed by atoms with Gasteiger partial charge in [-0.3, -0.25) is 9.11 Å². The first kappa shape index (κ1) is 24.2. The van der Waals surface area contributed by atoms with E-state index in [2.05, 4.69) is 0 Å². The van der Waals surface area contributed by atoms with Crippen LogP contribution in [0, 0.1) is 0 Å². The van der Waals surface area contributed by atoms with Gasteiger partial charge in [0.2, 0.25) is 0 Å². The van der Waals surface area contributed by atoms with Crippen LogP contribution in [0.15, 0.2) is 76.5 Å². The maximum absolute atomic E-state index is 10.8. The van der Waals surface area contributed by atoms with Crippen molar-refractivity contribution < 1.29 is 66.8 Å². The molecule has 0 atom stereocenters. The van der Waals surface area contributed by atoms with Crippen molar-refractivity contribution in [2.75, 3.05) is 0 Å². The molecule has 3 N–H and O–H groups in total. The second-order valence-corrected chi connectivity index (χ2v) is 8.10. The number of carboxylic acids is 1. The first-order valence-corrected chi connectivity index (χ1v) is 10.1. The van der Waals surface area contributed by atoms with Gasteiger partial charge in [0.25, 0.3) is 20.2 Å². The van der Waals surface area contributed by atoms with Crippen LogP contribution in [0.4, 0.5) is 0 Å². The van der Waals surface area contributed by atoms with E-state index in [0.717, 1.165) is 35.0 Å². The molecule has 0 fully saturated rings. The average molecular weight is 434 g/mol. The molecule has 0 spiro atoms. The fourth-order valence-electron chi connectivity index (χ4n) is 2.20. The second kappa shape index (κ2) is 9.61. The molecule has 0 unspecified atom stereocenters. The fraction of sp³-hybridized carbons (Fsp3) is 0. The Bertz CT molecular complexity index is 1140. The summed E-state index contributed by atoms with van der Waals surface area (Å²) in [7, 11) is -8.68. The van der Waals surface area contributed by atoms with E-state index in [0.29, 0.717) is 5.56 Å². The van der Waals surface area contributed by atoms with Crippen molar-refractivity contribution in [1.29, 1.82) is 0 Å². The number of carboxylic acid groups (broad SMARTS) is 1. The van der Waals surface area contributed by atoms with Crippen molar-refractivity contribution in [2.24, 2.45) is 0 Å². The third-order valence-corrected chi connectivity index (χ3v) is 5.18. The van der Waals surface area contributed by atoms with Crippen LogP contribution in [0.5, 0.6) is 0 Å². The molecule has 11 heteroatoms. The van der Waals surface area contributed by atoms with E-state index in [4.69, 9.17) is 14.2 Å². The van der Waals surface area contributed by atoms with Gasteiger partial charge in [-0.15, -0.1) is 0 Å². The van der Waals surface area contributed by atoms with Crippen LogP contribution in [0.25, 0.3) is 10.8 Å². The molecule has 3 aromatic rings. The zero-order valence-electron chi connectivity index (χ0n) is 15.6. The smallest absolute Gasteiger partial charge is 1.00 e. The number of rotatable bonds is 3. The van der Waals surface area contributed by atoms with E-state index in [1.807, 2.05) is 30.3 Å². The van der Waals surface area contributed by atoms with Crippen LogP contribution in [0.1, 0.15) is 11.8 Å². The van der Waals surface area contributed by atoms with E-state index >= 15 is 0 Å². The number of hydrogen-bond donors (Lipinski definition) is 3. The molecule has 3 aromatic carbocycles. The number of benzene rings is 3. The van der Waals surface area contributed by atoms with E-state index in [1.165, 1.54) is 0 Å². The van der Waals surface area contributed by atoms with Gasteiger partial charge in [-0.1, -0.05) is 36.4 Å². The molecule has 28 heavy (non-hydrogen) atoms. The maximum atomic E-state index is 10.8. The topological polar surface area (TPSA) is 146 Å². The molecule has 144 valence electrons. The minimum absolute atomic E-state index is 0. The summed E-state index contributed by atoms with van der Waals surface area (Å²) in [5.41, 5.74) is 0.359. The summed E-state index contributed by atoms with van der Waals surface area (Å²) in [5.74, 6) is -0.878. The minimum atomic E-state index is -4.34. The minimum Gasteiger partial charge on any atom is -1.00 e. The third kappa shape index (κ3) is 6.38. The van der Waals surface area contributed by atoms with Gasteiger partial charge >= 0.3 is 35.5 Å². The summed E-state index contributed by atoms with van der Waals surface area (Å²) >= 11 is 0. The fourth-order valence-corrected chi connectivity index (χ4v) is 3.16. The number of aromatic carboxylic acids is 1. The van der Waals surface area contributed by atoms with Crippen LogP contribution < -0.4 is 29.6 Å². The average Bonchev–Trinajstić information content (AvgIpc) is 2.60. The van der Waals surface area contributed by atoms with Crippen LogP contribution in [0.3, 0.4) is 0 Å². The van der Waals surface area contributed by atoms with Gasteiger partial charge in [0.1, 0.15) is 0 Å². The van der Waals surface area contributed by atoms with Crippen LogP contribution >= 0.6 is 0 Å². The van der Waals surface area contributed by atoms with E-state index < -0.39 is 36.0 Å². The van der Waals surface area contributed by atoms with Gasteiger partial charge in [-0.05, 0) is 41.1 Å². The predicted molar refractivity (Wildman–Crippen MR) is 98.1 cm³/mol. The Kier molecular flexibility index (Phi) is 8.32. The summed E-state index contributed by atoms with van der Waals surface area (Å²) in [4.78, 5) is 9.94. The molecule has 0 radical (unpaired) electrons. The molecule has 0 amide bonds. The molecule has 0 heterocycles. The summed E-state index contributed by atoms with van der Waals surface area (Å²) in [6.07, 6.45) is 0. The van der Waals surface area contributed by atoms with Crippen molar-refractivity contribution in [1.82, 2.24) is 0 Å². The molecule has 0 bridgehead atoms. The largest absolute Gasteiger partial charge is 1.00 e. The molecule has 0 aliphatic carbocycles. The molecule has 0 saturated carbocycles.